The van der Waals surface area contributed by atoms with E-state index in [2.05, 4.69) is 0 Å². The van der Waals surface area contributed by atoms with Crippen molar-refractivity contribution in [3.63, 3.8) is 0 Å². The predicted molar refractivity (Wildman–Crippen MR) is 69.5 cm³/mol. The Morgan fingerprint density at radius 1 is 1.05 bits per heavy atom. The third kappa shape index (κ3) is 2.77. The second-order valence-electron chi connectivity index (χ2n) is 4.42. The fourth-order valence-corrected chi connectivity index (χ4v) is 3.36. The quantitative estimate of drug-likeness (QED) is 0.593. The lowest BCUT2D eigenvalue weighted by Gasteiger charge is -2.33. The second-order valence-corrected chi connectivity index (χ2v) is 5.90. The van der Waals surface area contributed by atoms with Gasteiger partial charge in [-0.2, -0.15) is 0 Å². The summed E-state index contributed by atoms with van der Waals surface area (Å²) in [6.07, 6.45) is -2.74. The molecule has 104 valence electrons. The highest BCUT2D eigenvalue weighted by Gasteiger charge is 2.39. The maximum atomic E-state index is 12.3. The number of aliphatic hydroxyl groups is 4. The van der Waals surface area contributed by atoms with Crippen molar-refractivity contribution in [3.8, 4) is 0 Å². The molecular weight excluding hydrogens is 268 g/mol. The standard InChI is InChI=1S/C13H16O5S/c14-7-8-6-10(12(16)13(17)11(8)15)19(18)9-4-2-1-3-5-9/h1-6,8,11-17H,7H2/t8-,11-,12+,13+,19?/m0/s1. The van der Waals surface area contributed by atoms with Gasteiger partial charge in [-0.25, -0.2) is 4.21 Å². The van der Waals surface area contributed by atoms with E-state index in [-0.39, 0.29) is 11.5 Å². The molecule has 0 fully saturated rings. The van der Waals surface area contributed by atoms with Gasteiger partial charge in [-0.05, 0) is 12.1 Å². The molecule has 0 bridgehead atoms. The minimum Gasteiger partial charge on any atom is -0.396 e. The van der Waals surface area contributed by atoms with Crippen LogP contribution in [0, 0.1) is 5.92 Å². The van der Waals surface area contributed by atoms with E-state index >= 15 is 0 Å². The monoisotopic (exact) mass is 284 g/mol. The first kappa shape index (κ1) is 14.4. The summed E-state index contributed by atoms with van der Waals surface area (Å²) in [5, 5.41) is 38.4. The molecule has 0 saturated heterocycles. The molecule has 0 aliphatic heterocycles. The van der Waals surface area contributed by atoms with Crippen LogP contribution in [0.5, 0.6) is 0 Å². The van der Waals surface area contributed by atoms with Gasteiger partial charge in [0.15, 0.2) is 0 Å². The first-order chi connectivity index (χ1) is 9.06. The summed E-state index contributed by atoms with van der Waals surface area (Å²) in [5.41, 5.74) is 0. The summed E-state index contributed by atoms with van der Waals surface area (Å²) in [7, 11) is -1.63. The van der Waals surface area contributed by atoms with E-state index in [0.29, 0.717) is 4.90 Å². The van der Waals surface area contributed by atoms with E-state index in [9.17, 15) is 19.5 Å². The van der Waals surface area contributed by atoms with Crippen LogP contribution in [0.4, 0.5) is 0 Å². The van der Waals surface area contributed by atoms with Crippen molar-refractivity contribution in [1.82, 2.24) is 0 Å². The topological polar surface area (TPSA) is 98.0 Å². The Morgan fingerprint density at radius 2 is 1.68 bits per heavy atom. The molecule has 1 aromatic rings. The van der Waals surface area contributed by atoms with Crippen LogP contribution in [-0.4, -0.2) is 49.6 Å². The Balaban J connectivity index is 2.35. The predicted octanol–water partition coefficient (Wildman–Crippen LogP) is -0.617. The number of benzene rings is 1. The highest BCUT2D eigenvalue weighted by atomic mass is 32.2. The number of rotatable bonds is 3. The molecule has 6 heteroatoms. The van der Waals surface area contributed by atoms with Gasteiger partial charge in [-0.15, -0.1) is 0 Å². The summed E-state index contributed by atoms with van der Waals surface area (Å²) < 4.78 is 12.3. The van der Waals surface area contributed by atoms with E-state index < -0.39 is 35.0 Å². The molecule has 5 atom stereocenters. The minimum absolute atomic E-state index is 0.114. The molecule has 1 aromatic carbocycles. The van der Waals surface area contributed by atoms with Gasteiger partial charge in [-0.1, -0.05) is 24.3 Å². The van der Waals surface area contributed by atoms with Gasteiger partial charge in [0, 0.05) is 15.7 Å². The molecule has 0 heterocycles. The molecule has 1 unspecified atom stereocenters. The van der Waals surface area contributed by atoms with Gasteiger partial charge in [0.05, 0.1) is 23.5 Å². The van der Waals surface area contributed by atoms with Crippen LogP contribution in [0.3, 0.4) is 0 Å². The van der Waals surface area contributed by atoms with Crippen molar-refractivity contribution in [2.75, 3.05) is 6.61 Å². The van der Waals surface area contributed by atoms with Crippen molar-refractivity contribution in [2.45, 2.75) is 23.2 Å². The highest BCUT2D eigenvalue weighted by molar-refractivity contribution is 7.89. The van der Waals surface area contributed by atoms with Crippen LogP contribution < -0.4 is 0 Å². The van der Waals surface area contributed by atoms with Crippen molar-refractivity contribution in [3.05, 3.63) is 41.3 Å². The van der Waals surface area contributed by atoms with Crippen molar-refractivity contribution in [2.24, 2.45) is 5.92 Å². The molecule has 1 aliphatic rings. The molecule has 19 heavy (non-hydrogen) atoms. The number of aliphatic hydroxyl groups excluding tert-OH is 4. The SMILES string of the molecule is O=S(C1=C[C@@H](CO)[C@H](O)[C@@H](O)[C@@H]1O)c1ccccc1. The van der Waals surface area contributed by atoms with E-state index in [4.69, 9.17) is 5.11 Å². The van der Waals surface area contributed by atoms with E-state index in [1.54, 1.807) is 30.3 Å². The van der Waals surface area contributed by atoms with Crippen molar-refractivity contribution >= 4 is 10.8 Å². The van der Waals surface area contributed by atoms with Crippen LogP contribution in [0.1, 0.15) is 0 Å². The Kier molecular flexibility index (Phi) is 4.49. The average Bonchev–Trinajstić information content (AvgIpc) is 2.45. The second kappa shape index (κ2) is 5.94. The smallest absolute Gasteiger partial charge is 0.116 e. The molecule has 0 aromatic heterocycles. The summed E-state index contributed by atoms with van der Waals surface area (Å²) >= 11 is 0. The van der Waals surface area contributed by atoms with Crippen molar-refractivity contribution < 1.29 is 24.6 Å². The Bertz CT molecular complexity index is 487. The third-order valence-electron chi connectivity index (χ3n) is 3.16. The molecule has 0 spiro atoms. The van der Waals surface area contributed by atoms with Gasteiger partial charge < -0.3 is 20.4 Å². The first-order valence-corrected chi connectivity index (χ1v) is 7.05. The van der Waals surface area contributed by atoms with Crippen LogP contribution in [0.2, 0.25) is 0 Å². The number of hydrogen-bond donors (Lipinski definition) is 4. The average molecular weight is 284 g/mol. The molecule has 0 saturated carbocycles. The van der Waals surface area contributed by atoms with Gasteiger partial charge in [0.1, 0.15) is 12.2 Å². The fraction of sp³-hybridized carbons (Fsp3) is 0.385. The normalized spacial score (nSPS) is 32.7. The highest BCUT2D eigenvalue weighted by Crippen LogP contribution is 2.29. The van der Waals surface area contributed by atoms with Gasteiger partial charge in [0.2, 0.25) is 0 Å². The van der Waals surface area contributed by atoms with Crippen molar-refractivity contribution in [1.29, 1.82) is 0 Å². The van der Waals surface area contributed by atoms with Crippen LogP contribution in [0.25, 0.3) is 0 Å². The molecule has 2 rings (SSSR count). The lowest BCUT2D eigenvalue weighted by molar-refractivity contribution is -0.0744. The van der Waals surface area contributed by atoms with Gasteiger partial charge in [-0.3, -0.25) is 0 Å². The Hall–Kier alpha value is -1.05. The third-order valence-corrected chi connectivity index (χ3v) is 4.67. The molecule has 0 amide bonds. The first-order valence-electron chi connectivity index (χ1n) is 5.90. The largest absolute Gasteiger partial charge is 0.396 e. The van der Waals surface area contributed by atoms with E-state index in [1.165, 1.54) is 6.08 Å². The van der Waals surface area contributed by atoms with Gasteiger partial charge >= 0.3 is 0 Å². The zero-order valence-corrected chi connectivity index (χ0v) is 10.9. The van der Waals surface area contributed by atoms with Crippen LogP contribution >= 0.6 is 0 Å². The molecule has 4 N–H and O–H groups in total. The molecule has 0 radical (unpaired) electrons. The molecule has 1 aliphatic carbocycles. The van der Waals surface area contributed by atoms with Crippen LogP contribution in [-0.2, 0) is 10.8 Å². The van der Waals surface area contributed by atoms with E-state index in [1.807, 2.05) is 0 Å². The molecular formula is C13H16O5S. The lowest BCUT2D eigenvalue weighted by Crippen LogP contribution is -2.47. The summed E-state index contributed by atoms with van der Waals surface area (Å²) in [5.74, 6) is -0.735. The lowest BCUT2D eigenvalue weighted by atomic mass is 9.89. The fourth-order valence-electron chi connectivity index (χ4n) is 2.03. The Labute approximate surface area is 113 Å². The minimum atomic E-state index is -1.63. The zero-order chi connectivity index (χ0) is 14.0. The Morgan fingerprint density at radius 3 is 2.26 bits per heavy atom. The zero-order valence-electron chi connectivity index (χ0n) is 10.1. The van der Waals surface area contributed by atoms with E-state index in [0.717, 1.165) is 0 Å². The summed E-state index contributed by atoms with van der Waals surface area (Å²) in [6, 6.07) is 8.52. The van der Waals surface area contributed by atoms with Crippen LogP contribution in [0.15, 0.2) is 46.2 Å². The van der Waals surface area contributed by atoms with Gasteiger partial charge in [0.25, 0.3) is 0 Å². The summed E-state index contributed by atoms with van der Waals surface area (Å²) in [4.78, 5) is 0.608. The summed E-state index contributed by atoms with van der Waals surface area (Å²) in [6.45, 7) is -0.388. The molecule has 5 nitrogen and oxygen atoms in total. The maximum Gasteiger partial charge on any atom is 0.116 e. The maximum absolute atomic E-state index is 12.3. The number of hydrogen-bond acceptors (Lipinski definition) is 5.